The Morgan fingerprint density at radius 1 is 1.16 bits per heavy atom. The second-order valence-electron chi connectivity index (χ2n) is 6.53. The Bertz CT molecular complexity index is 929. The van der Waals surface area contributed by atoms with Gasteiger partial charge >= 0.3 is 0 Å². The number of halogens is 2. The molecule has 4 nitrogen and oxygen atoms in total. The Hall–Kier alpha value is -1.40. The van der Waals surface area contributed by atoms with Crippen molar-refractivity contribution in [3.63, 3.8) is 0 Å². The smallest absolute Gasteiger partial charge is 0.270 e. The zero-order chi connectivity index (χ0) is 15.4. The van der Waals surface area contributed by atoms with E-state index in [2.05, 4.69) is 27.8 Å². The summed E-state index contributed by atoms with van der Waals surface area (Å²) in [6, 6.07) is 11.5. The Labute approximate surface area is 162 Å². The fourth-order valence-electron chi connectivity index (χ4n) is 3.98. The summed E-state index contributed by atoms with van der Waals surface area (Å²) in [7, 11) is 0. The molecule has 7 heteroatoms. The Balaban J connectivity index is 0.000000911. The van der Waals surface area contributed by atoms with Gasteiger partial charge in [0.15, 0.2) is 0 Å². The molecule has 0 saturated carbocycles. The summed E-state index contributed by atoms with van der Waals surface area (Å²) in [5, 5.41) is 9.04. The molecule has 1 amide bonds. The molecule has 2 aliphatic heterocycles. The summed E-state index contributed by atoms with van der Waals surface area (Å²) in [6.45, 7) is 0. The minimum atomic E-state index is -0.0541. The van der Waals surface area contributed by atoms with Crippen LogP contribution >= 0.6 is 36.2 Å². The van der Waals surface area contributed by atoms with Crippen LogP contribution in [0.4, 0.5) is 0 Å². The van der Waals surface area contributed by atoms with Crippen LogP contribution in [0, 0.1) is 0 Å². The van der Waals surface area contributed by atoms with Crippen LogP contribution in [0.2, 0.25) is 0 Å². The van der Waals surface area contributed by atoms with Crippen molar-refractivity contribution in [2.24, 2.45) is 0 Å². The lowest BCUT2D eigenvalue weighted by molar-refractivity contribution is 0.0926. The van der Waals surface area contributed by atoms with E-state index < -0.39 is 0 Å². The van der Waals surface area contributed by atoms with Gasteiger partial charge in [-0.1, -0.05) is 18.2 Å². The van der Waals surface area contributed by atoms with Crippen molar-refractivity contribution in [2.45, 2.75) is 37.4 Å². The molecule has 132 valence electrons. The molecule has 0 spiro atoms. The molecule has 2 saturated heterocycles. The fourth-order valence-corrected chi connectivity index (χ4v) is 5.04. The van der Waals surface area contributed by atoms with Crippen molar-refractivity contribution in [1.29, 1.82) is 0 Å². The number of rotatable bonds is 2. The molecule has 2 fully saturated rings. The molecule has 0 unspecified atom stereocenters. The largest absolute Gasteiger partial charge is 0.346 e. The van der Waals surface area contributed by atoms with Crippen LogP contribution in [-0.4, -0.2) is 29.0 Å². The lowest BCUT2D eigenvalue weighted by Crippen LogP contribution is -2.43. The fraction of sp³-hybridized carbons (Fsp3) is 0.333. The van der Waals surface area contributed by atoms with E-state index in [0.717, 1.165) is 22.9 Å². The molecule has 25 heavy (non-hydrogen) atoms. The molecule has 4 heterocycles. The molecule has 2 bridgehead atoms. The van der Waals surface area contributed by atoms with Gasteiger partial charge in [-0.15, -0.1) is 36.2 Å². The Morgan fingerprint density at radius 2 is 2.00 bits per heavy atom. The number of aromatic nitrogens is 1. The number of carbonyl (C=O) groups excluding carboxylic acids is 1. The first kappa shape index (κ1) is 18.4. The zero-order valence-electron chi connectivity index (χ0n) is 13.4. The first-order chi connectivity index (χ1) is 11.3. The molecular formula is C18H19Cl2N3OS. The average Bonchev–Trinajstić information content (AvgIpc) is 3.27. The predicted molar refractivity (Wildman–Crippen MR) is 107 cm³/mol. The van der Waals surface area contributed by atoms with Crippen LogP contribution in [0.3, 0.4) is 0 Å². The Kier molecular flexibility index (Phi) is 5.21. The monoisotopic (exact) mass is 395 g/mol. The highest BCUT2D eigenvalue weighted by Crippen LogP contribution is 2.33. The summed E-state index contributed by atoms with van der Waals surface area (Å²) in [6.07, 6.45) is 5.27. The maximum Gasteiger partial charge on any atom is 0.270 e. The van der Waals surface area contributed by atoms with Gasteiger partial charge in [0.25, 0.3) is 5.91 Å². The topological polar surface area (TPSA) is 54.0 Å². The van der Waals surface area contributed by atoms with Crippen molar-refractivity contribution >= 4 is 62.2 Å². The van der Waals surface area contributed by atoms with Gasteiger partial charge in [-0.3, -0.25) is 4.79 Å². The molecule has 1 aromatic carbocycles. The standard InChI is InChI=1S/C18H17N3OS.2ClH/c22-18(21-14-7-10-5-6-13(14)20-10)15-8-12-11-3-1-2-4-16(11)23-17(12)9-19-15;;/h1-4,8-10,13-14,20H,5-7H2,(H,21,22);2*1H/t10-,13+,14-;;/m1../s1. The van der Waals surface area contributed by atoms with Crippen LogP contribution in [0.1, 0.15) is 29.8 Å². The molecule has 3 aromatic rings. The van der Waals surface area contributed by atoms with Crippen molar-refractivity contribution < 1.29 is 4.79 Å². The predicted octanol–water partition coefficient (Wildman–Crippen LogP) is 3.92. The number of thiophene rings is 1. The summed E-state index contributed by atoms with van der Waals surface area (Å²) < 4.78 is 2.36. The third-order valence-electron chi connectivity index (χ3n) is 5.11. The second-order valence-corrected chi connectivity index (χ2v) is 7.61. The number of benzene rings is 1. The first-order valence-electron chi connectivity index (χ1n) is 8.12. The van der Waals surface area contributed by atoms with E-state index in [1.807, 2.05) is 24.4 Å². The third kappa shape index (κ3) is 3.10. The van der Waals surface area contributed by atoms with Gasteiger partial charge in [0, 0.05) is 39.8 Å². The molecule has 2 aromatic heterocycles. The van der Waals surface area contributed by atoms with Crippen molar-refractivity contribution in [1.82, 2.24) is 15.6 Å². The van der Waals surface area contributed by atoms with E-state index in [9.17, 15) is 4.79 Å². The van der Waals surface area contributed by atoms with Gasteiger partial charge in [-0.25, -0.2) is 4.98 Å². The maximum atomic E-state index is 12.6. The van der Waals surface area contributed by atoms with E-state index >= 15 is 0 Å². The molecular weight excluding hydrogens is 377 g/mol. The summed E-state index contributed by atoms with van der Waals surface area (Å²) >= 11 is 1.72. The number of fused-ring (bicyclic) bond motifs is 5. The van der Waals surface area contributed by atoms with E-state index in [1.165, 1.54) is 16.5 Å². The highest BCUT2D eigenvalue weighted by atomic mass is 35.5. The normalized spacial score (nSPS) is 24.1. The molecule has 5 rings (SSSR count). The molecule has 2 aliphatic rings. The number of amides is 1. The lowest BCUT2D eigenvalue weighted by atomic mass is 9.95. The number of nitrogens with one attached hydrogen (secondary N) is 2. The van der Waals surface area contributed by atoms with Crippen molar-refractivity contribution in [2.75, 3.05) is 0 Å². The number of hydrogen-bond acceptors (Lipinski definition) is 4. The highest BCUT2D eigenvalue weighted by Gasteiger charge is 2.39. The molecule has 2 N–H and O–H groups in total. The van der Waals surface area contributed by atoms with Gasteiger partial charge in [0.2, 0.25) is 0 Å². The van der Waals surface area contributed by atoms with E-state index in [-0.39, 0.29) is 36.8 Å². The number of hydrogen-bond donors (Lipinski definition) is 2. The van der Waals surface area contributed by atoms with Crippen LogP contribution in [-0.2, 0) is 0 Å². The summed E-state index contributed by atoms with van der Waals surface area (Å²) in [5.41, 5.74) is 0.517. The number of nitrogens with zero attached hydrogens (tertiary/aromatic N) is 1. The summed E-state index contributed by atoms with van der Waals surface area (Å²) in [5.74, 6) is -0.0541. The van der Waals surface area contributed by atoms with Gasteiger partial charge in [0.05, 0.1) is 4.70 Å². The van der Waals surface area contributed by atoms with Gasteiger partial charge in [-0.05, 0) is 31.4 Å². The van der Waals surface area contributed by atoms with Crippen LogP contribution in [0.5, 0.6) is 0 Å². The van der Waals surface area contributed by atoms with Crippen LogP contribution in [0.15, 0.2) is 36.5 Å². The highest BCUT2D eigenvalue weighted by molar-refractivity contribution is 7.25. The van der Waals surface area contributed by atoms with Gasteiger partial charge < -0.3 is 10.6 Å². The number of pyridine rings is 1. The zero-order valence-corrected chi connectivity index (χ0v) is 15.8. The van der Waals surface area contributed by atoms with Crippen molar-refractivity contribution in [3.8, 4) is 0 Å². The number of carbonyl (C=O) groups is 1. The molecule has 3 atom stereocenters. The first-order valence-corrected chi connectivity index (χ1v) is 8.94. The lowest BCUT2D eigenvalue weighted by Gasteiger charge is -2.21. The second kappa shape index (κ2) is 7.08. The van der Waals surface area contributed by atoms with Gasteiger partial charge in [-0.2, -0.15) is 0 Å². The average molecular weight is 396 g/mol. The minimum absolute atomic E-state index is 0. The van der Waals surface area contributed by atoms with Crippen LogP contribution < -0.4 is 10.6 Å². The summed E-state index contributed by atoms with van der Waals surface area (Å²) in [4.78, 5) is 17.0. The quantitative estimate of drug-likeness (QED) is 0.691. The molecule has 0 aliphatic carbocycles. The third-order valence-corrected chi connectivity index (χ3v) is 6.23. The van der Waals surface area contributed by atoms with Crippen molar-refractivity contribution in [3.05, 3.63) is 42.2 Å². The van der Waals surface area contributed by atoms with Gasteiger partial charge in [0.1, 0.15) is 5.69 Å². The van der Waals surface area contributed by atoms with E-state index in [0.29, 0.717) is 17.8 Å². The Morgan fingerprint density at radius 3 is 2.76 bits per heavy atom. The van der Waals surface area contributed by atoms with Crippen LogP contribution in [0.25, 0.3) is 20.2 Å². The van der Waals surface area contributed by atoms with E-state index in [1.54, 1.807) is 11.3 Å². The van der Waals surface area contributed by atoms with E-state index in [4.69, 9.17) is 0 Å². The minimum Gasteiger partial charge on any atom is -0.346 e. The SMILES string of the molecule is Cl.Cl.O=C(N[C@@H]1C[C@H]2CC[C@@H]1N2)c1cc2c(cn1)sc1ccccc12. The molecule has 0 radical (unpaired) electrons. The maximum absolute atomic E-state index is 12.6.